The fourth-order valence-corrected chi connectivity index (χ4v) is 2.23. The zero-order valence-corrected chi connectivity index (χ0v) is 16.3. The number of para-hydroxylation sites is 1. The minimum absolute atomic E-state index is 0.296. The summed E-state index contributed by atoms with van der Waals surface area (Å²) in [6.07, 6.45) is 0.897. The van der Waals surface area contributed by atoms with Crippen LogP contribution in [0.2, 0.25) is 0 Å². The summed E-state index contributed by atoms with van der Waals surface area (Å²) >= 11 is 0. The average molecular weight is 396 g/mol. The van der Waals surface area contributed by atoms with Gasteiger partial charge in [0.2, 0.25) is 5.96 Å². The Labute approximate surface area is 163 Å². The number of nitrogens with two attached hydrogens (primary N) is 1. The van der Waals surface area contributed by atoms with E-state index in [0.717, 1.165) is 28.9 Å². The van der Waals surface area contributed by atoms with Crippen molar-refractivity contribution in [1.29, 1.82) is 5.41 Å². The lowest BCUT2D eigenvalue weighted by Crippen LogP contribution is -2.48. The van der Waals surface area contributed by atoms with Crippen LogP contribution in [0.25, 0.3) is 0 Å². The summed E-state index contributed by atoms with van der Waals surface area (Å²) in [5.74, 6) is -2.49. The minimum atomic E-state index is -1.08. The number of hydrogen-bond donors (Lipinski definition) is 5. The van der Waals surface area contributed by atoms with E-state index in [2.05, 4.69) is 5.48 Å². The molecule has 0 atom stereocenters. The monoisotopic (exact) mass is 396 g/mol. The molecular weight excluding hydrogens is 368 g/mol. The molecule has 0 saturated carbocycles. The quantitative estimate of drug-likeness (QED) is 0.255. The van der Waals surface area contributed by atoms with E-state index in [4.69, 9.17) is 26.2 Å². The van der Waals surface area contributed by atoms with Crippen LogP contribution in [0.3, 0.4) is 0 Å². The summed E-state index contributed by atoms with van der Waals surface area (Å²) in [6, 6.07) is 5.24. The number of aliphatic carboxylic acids is 2. The van der Waals surface area contributed by atoms with Gasteiger partial charge in [0.05, 0.1) is 25.1 Å². The number of carbonyl (C=O) groups is 3. The first kappa shape index (κ1) is 24.9. The van der Waals surface area contributed by atoms with Crippen LogP contribution in [0.4, 0.5) is 10.5 Å². The normalized spacial score (nSPS) is 9.68. The van der Waals surface area contributed by atoms with Crippen molar-refractivity contribution in [3.8, 4) is 0 Å². The number of urea groups is 1. The molecule has 0 aliphatic rings. The molecule has 6 N–H and O–H groups in total. The maximum Gasteiger partial charge on any atom is 0.352 e. The standard InChI is InChI=1S/C14H22N4O2.C4H6O4/c1-4-10-8-7-9-11(5-2)12(10)18(13(15)16)14(19)17-20-6-3;5-3(6)1-2-4(7)8/h7-9H,4-6H2,1-3H3,(H3,15,16)(H,17,19);1-2H2,(H,5,6)(H,7,8). The highest BCUT2D eigenvalue weighted by Gasteiger charge is 2.23. The topological polar surface area (TPSA) is 166 Å². The predicted molar refractivity (Wildman–Crippen MR) is 104 cm³/mol. The van der Waals surface area contributed by atoms with E-state index in [1.165, 1.54) is 0 Å². The smallest absolute Gasteiger partial charge is 0.352 e. The molecule has 0 radical (unpaired) electrons. The Balaban J connectivity index is 0.000000769. The molecule has 1 aromatic rings. The van der Waals surface area contributed by atoms with Crippen LogP contribution in [0.5, 0.6) is 0 Å². The number of nitrogens with one attached hydrogen (secondary N) is 2. The lowest BCUT2D eigenvalue weighted by atomic mass is 10.0. The predicted octanol–water partition coefficient (Wildman–Crippen LogP) is 2.11. The number of benzene rings is 1. The molecule has 10 nitrogen and oxygen atoms in total. The van der Waals surface area contributed by atoms with Crippen LogP contribution < -0.4 is 16.1 Å². The largest absolute Gasteiger partial charge is 0.481 e. The van der Waals surface area contributed by atoms with Gasteiger partial charge in [-0.25, -0.2) is 15.2 Å². The van der Waals surface area contributed by atoms with Gasteiger partial charge in [0, 0.05) is 0 Å². The van der Waals surface area contributed by atoms with Gasteiger partial charge >= 0.3 is 18.0 Å². The van der Waals surface area contributed by atoms with Crippen molar-refractivity contribution in [2.45, 2.75) is 46.5 Å². The molecule has 2 amide bonds. The maximum absolute atomic E-state index is 12.1. The molecule has 0 aromatic heterocycles. The van der Waals surface area contributed by atoms with Gasteiger partial charge in [0.15, 0.2) is 0 Å². The summed E-state index contributed by atoms with van der Waals surface area (Å²) in [5.41, 5.74) is 10.5. The molecule has 0 saturated heterocycles. The van der Waals surface area contributed by atoms with Crippen LogP contribution in [0.15, 0.2) is 18.2 Å². The Morgan fingerprint density at radius 1 is 1.07 bits per heavy atom. The highest BCUT2D eigenvalue weighted by molar-refractivity contribution is 6.14. The molecule has 0 aliphatic carbocycles. The van der Waals surface area contributed by atoms with E-state index in [1.54, 1.807) is 6.92 Å². The van der Waals surface area contributed by atoms with E-state index in [0.29, 0.717) is 12.3 Å². The van der Waals surface area contributed by atoms with Crippen molar-refractivity contribution in [3.63, 3.8) is 0 Å². The van der Waals surface area contributed by atoms with E-state index in [9.17, 15) is 14.4 Å². The number of nitrogens with zero attached hydrogens (tertiary/aromatic N) is 1. The fraction of sp³-hybridized carbons (Fsp3) is 0.444. The van der Waals surface area contributed by atoms with Crippen molar-refractivity contribution in [2.75, 3.05) is 11.5 Å². The highest BCUT2D eigenvalue weighted by Crippen LogP contribution is 2.27. The third-order valence-corrected chi connectivity index (χ3v) is 3.49. The first-order valence-electron chi connectivity index (χ1n) is 8.79. The van der Waals surface area contributed by atoms with Crippen LogP contribution in [-0.4, -0.2) is 40.7 Å². The molecule has 0 heterocycles. The Morgan fingerprint density at radius 3 is 1.86 bits per heavy atom. The highest BCUT2D eigenvalue weighted by atomic mass is 16.7. The number of hydrogen-bond acceptors (Lipinski definition) is 5. The van der Waals surface area contributed by atoms with Crippen molar-refractivity contribution in [1.82, 2.24) is 5.48 Å². The minimum Gasteiger partial charge on any atom is -0.481 e. The summed E-state index contributed by atoms with van der Waals surface area (Å²) in [7, 11) is 0. The van der Waals surface area contributed by atoms with E-state index < -0.39 is 18.0 Å². The van der Waals surface area contributed by atoms with Gasteiger partial charge in [0.1, 0.15) is 0 Å². The number of amides is 2. The molecule has 0 aliphatic heterocycles. The summed E-state index contributed by atoms with van der Waals surface area (Å²) in [6.45, 7) is 6.09. The Hall–Kier alpha value is -3.14. The molecular formula is C18H28N4O6. The number of carboxylic acid groups (broad SMARTS) is 2. The van der Waals surface area contributed by atoms with Crippen LogP contribution >= 0.6 is 0 Å². The number of hydroxylamine groups is 1. The number of rotatable bonds is 8. The third kappa shape index (κ3) is 8.49. The van der Waals surface area contributed by atoms with Crippen LogP contribution in [-0.2, 0) is 27.3 Å². The van der Waals surface area contributed by atoms with Gasteiger partial charge in [-0.2, -0.15) is 0 Å². The van der Waals surface area contributed by atoms with Gasteiger partial charge in [-0.3, -0.25) is 19.8 Å². The molecule has 28 heavy (non-hydrogen) atoms. The number of aryl methyl sites for hydroxylation is 2. The van der Waals surface area contributed by atoms with Gasteiger partial charge in [-0.15, -0.1) is 0 Å². The Bertz CT molecular complexity index is 656. The number of carboxylic acids is 2. The Morgan fingerprint density at radius 2 is 1.54 bits per heavy atom. The van der Waals surface area contributed by atoms with E-state index in [-0.39, 0.29) is 18.8 Å². The van der Waals surface area contributed by atoms with Crippen molar-refractivity contribution in [3.05, 3.63) is 29.3 Å². The first-order valence-corrected chi connectivity index (χ1v) is 8.79. The first-order chi connectivity index (χ1) is 13.2. The number of anilines is 1. The summed E-state index contributed by atoms with van der Waals surface area (Å²) < 4.78 is 0. The second kappa shape index (κ2) is 13.1. The zero-order chi connectivity index (χ0) is 21.7. The molecule has 0 unspecified atom stereocenters. The van der Waals surface area contributed by atoms with Crippen molar-refractivity contribution >= 4 is 29.6 Å². The molecule has 10 heteroatoms. The van der Waals surface area contributed by atoms with Crippen molar-refractivity contribution in [2.24, 2.45) is 5.73 Å². The average Bonchev–Trinajstić information content (AvgIpc) is 2.65. The SMILES string of the molecule is CCONC(=O)N(C(=N)N)c1c(CC)cccc1CC.O=C(O)CCC(=O)O. The lowest BCUT2D eigenvalue weighted by Gasteiger charge is -2.25. The molecule has 0 fully saturated rings. The second-order valence-electron chi connectivity index (χ2n) is 5.48. The fourth-order valence-electron chi connectivity index (χ4n) is 2.23. The van der Waals surface area contributed by atoms with E-state index >= 15 is 0 Å². The number of carbonyl (C=O) groups excluding carboxylic acids is 1. The van der Waals surface area contributed by atoms with Gasteiger partial charge in [-0.05, 0) is 30.9 Å². The van der Waals surface area contributed by atoms with Crippen molar-refractivity contribution < 1.29 is 29.4 Å². The lowest BCUT2D eigenvalue weighted by molar-refractivity contribution is -0.143. The Kier molecular flexibility index (Phi) is 11.6. The van der Waals surface area contributed by atoms with Crippen LogP contribution in [0, 0.1) is 5.41 Å². The summed E-state index contributed by atoms with van der Waals surface area (Å²) in [4.78, 5) is 37.5. The van der Waals surface area contributed by atoms with Gasteiger partial charge in [-0.1, -0.05) is 32.0 Å². The number of guanidine groups is 1. The maximum atomic E-state index is 12.1. The molecule has 1 rings (SSSR count). The molecule has 0 bridgehead atoms. The van der Waals surface area contributed by atoms with Crippen LogP contribution in [0.1, 0.15) is 44.7 Å². The van der Waals surface area contributed by atoms with Gasteiger partial charge in [0.25, 0.3) is 0 Å². The van der Waals surface area contributed by atoms with Gasteiger partial charge < -0.3 is 15.9 Å². The summed E-state index contributed by atoms with van der Waals surface area (Å²) in [5, 5.41) is 23.5. The molecule has 1 aromatic carbocycles. The molecule has 156 valence electrons. The third-order valence-electron chi connectivity index (χ3n) is 3.49. The van der Waals surface area contributed by atoms with E-state index in [1.807, 2.05) is 32.0 Å². The zero-order valence-electron chi connectivity index (χ0n) is 16.3. The molecule has 0 spiro atoms. The second-order valence-corrected chi connectivity index (χ2v) is 5.48.